The molecule has 2 rings (SSSR count). The van der Waals surface area contributed by atoms with E-state index in [4.69, 9.17) is 5.26 Å². The number of nitrogens with zero attached hydrogens (tertiary/aromatic N) is 1. The van der Waals surface area contributed by atoms with Crippen molar-refractivity contribution >= 4 is 33.4 Å². The van der Waals surface area contributed by atoms with E-state index in [2.05, 4.69) is 16.1 Å². The topological polar surface area (TPSA) is 99.1 Å². The van der Waals surface area contributed by atoms with Crippen molar-refractivity contribution in [2.24, 2.45) is 0 Å². The lowest BCUT2D eigenvalue weighted by atomic mass is 10.1. The van der Waals surface area contributed by atoms with Gasteiger partial charge in [0, 0.05) is 17.0 Å². The van der Waals surface area contributed by atoms with Crippen LogP contribution in [-0.2, 0) is 20.6 Å². The maximum atomic E-state index is 12.4. The maximum absolute atomic E-state index is 12.4. The first-order valence-electron chi connectivity index (χ1n) is 8.60. The van der Waals surface area contributed by atoms with Crippen LogP contribution in [-0.4, -0.2) is 25.6 Å². The zero-order valence-corrected chi connectivity index (χ0v) is 17.7. The summed E-state index contributed by atoms with van der Waals surface area (Å²) in [5.74, 6) is 0.664. The minimum absolute atomic E-state index is 0.102. The molecular weight excluding hydrogens is 394 g/mol. The summed E-state index contributed by atoms with van der Waals surface area (Å²) in [7, 11) is -3.66. The molecular formula is C20H23N3O3S2. The second-order valence-electron chi connectivity index (χ2n) is 7.23. The van der Waals surface area contributed by atoms with Crippen molar-refractivity contribution < 1.29 is 13.2 Å². The zero-order valence-electron chi connectivity index (χ0n) is 16.0. The molecule has 1 amide bonds. The third-order valence-electron chi connectivity index (χ3n) is 3.45. The Balaban J connectivity index is 1.92. The summed E-state index contributed by atoms with van der Waals surface area (Å²) < 4.78 is 27.4. The first-order valence-corrected chi connectivity index (χ1v) is 11.2. The molecule has 0 unspecified atom stereocenters. The molecule has 0 aliphatic heterocycles. The van der Waals surface area contributed by atoms with Gasteiger partial charge in [-0.15, -0.1) is 11.8 Å². The molecule has 0 heterocycles. The molecule has 0 atom stereocenters. The Morgan fingerprint density at radius 1 is 1.14 bits per heavy atom. The molecule has 2 aromatic carbocycles. The van der Waals surface area contributed by atoms with Gasteiger partial charge in [-0.1, -0.05) is 18.2 Å². The van der Waals surface area contributed by atoms with Gasteiger partial charge in [-0.25, -0.2) is 13.1 Å². The molecule has 148 valence electrons. The summed E-state index contributed by atoms with van der Waals surface area (Å²) in [6, 6.07) is 15.5. The van der Waals surface area contributed by atoms with Crippen molar-refractivity contribution in [1.82, 2.24) is 4.72 Å². The van der Waals surface area contributed by atoms with Crippen molar-refractivity contribution in [3.8, 4) is 6.07 Å². The fourth-order valence-electron chi connectivity index (χ4n) is 2.34. The Labute approximate surface area is 170 Å². The number of benzene rings is 2. The van der Waals surface area contributed by atoms with E-state index < -0.39 is 15.6 Å². The number of amides is 1. The summed E-state index contributed by atoms with van der Waals surface area (Å²) in [6.07, 6.45) is 0. The highest BCUT2D eigenvalue weighted by Gasteiger charge is 2.22. The van der Waals surface area contributed by atoms with E-state index in [1.807, 2.05) is 12.1 Å². The Morgan fingerprint density at radius 3 is 2.43 bits per heavy atom. The van der Waals surface area contributed by atoms with E-state index in [-0.39, 0.29) is 16.6 Å². The number of hydrogen-bond acceptors (Lipinski definition) is 5. The molecule has 0 bridgehead atoms. The van der Waals surface area contributed by atoms with Crippen molar-refractivity contribution in [3.63, 3.8) is 0 Å². The molecule has 0 aliphatic rings. The molecule has 2 N–H and O–H groups in total. The van der Waals surface area contributed by atoms with Crippen LogP contribution >= 0.6 is 11.8 Å². The first kappa shape index (κ1) is 22.0. The molecule has 0 saturated carbocycles. The number of hydrogen-bond donors (Lipinski definition) is 2. The smallest absolute Gasteiger partial charge is 0.241 e. The van der Waals surface area contributed by atoms with Gasteiger partial charge in [0.05, 0.1) is 22.3 Å². The molecule has 2 aromatic rings. The van der Waals surface area contributed by atoms with Crippen LogP contribution in [0.2, 0.25) is 0 Å². The highest BCUT2D eigenvalue weighted by Crippen LogP contribution is 2.18. The quantitative estimate of drug-likeness (QED) is 0.718. The van der Waals surface area contributed by atoms with Gasteiger partial charge in [-0.3, -0.25) is 4.79 Å². The van der Waals surface area contributed by atoms with Crippen LogP contribution in [0.1, 0.15) is 31.9 Å². The fraction of sp³-hybridized carbons (Fsp3) is 0.300. The van der Waals surface area contributed by atoms with E-state index >= 15 is 0 Å². The average Bonchev–Trinajstić information content (AvgIpc) is 2.60. The molecule has 6 nitrogen and oxygen atoms in total. The lowest BCUT2D eigenvalue weighted by Crippen LogP contribution is -2.40. The number of nitriles is 1. The highest BCUT2D eigenvalue weighted by molar-refractivity contribution is 7.99. The van der Waals surface area contributed by atoms with Gasteiger partial charge in [0.1, 0.15) is 0 Å². The van der Waals surface area contributed by atoms with E-state index in [1.54, 1.807) is 45.0 Å². The molecule has 0 radical (unpaired) electrons. The van der Waals surface area contributed by atoms with Gasteiger partial charge < -0.3 is 5.32 Å². The molecule has 0 saturated heterocycles. The molecule has 0 aromatic heterocycles. The van der Waals surface area contributed by atoms with Gasteiger partial charge in [0.15, 0.2) is 0 Å². The van der Waals surface area contributed by atoms with E-state index in [9.17, 15) is 13.2 Å². The summed E-state index contributed by atoms with van der Waals surface area (Å²) >= 11 is 1.44. The number of carbonyl (C=O) groups excluding carboxylic acids is 1. The first-order chi connectivity index (χ1) is 13.1. The van der Waals surface area contributed by atoms with Gasteiger partial charge in [0.2, 0.25) is 15.9 Å². The van der Waals surface area contributed by atoms with Crippen LogP contribution in [0.4, 0.5) is 5.69 Å². The summed E-state index contributed by atoms with van der Waals surface area (Å²) in [5, 5.41) is 11.5. The monoisotopic (exact) mass is 417 g/mol. The second-order valence-corrected chi connectivity index (χ2v) is 9.90. The number of carbonyl (C=O) groups is 1. The van der Waals surface area contributed by atoms with Crippen molar-refractivity contribution in [2.75, 3.05) is 11.1 Å². The highest BCUT2D eigenvalue weighted by atomic mass is 32.2. The number of rotatable bonds is 7. The van der Waals surface area contributed by atoms with Crippen LogP contribution in [0, 0.1) is 11.3 Å². The Kier molecular flexibility index (Phi) is 7.24. The van der Waals surface area contributed by atoms with Crippen molar-refractivity contribution in [2.45, 2.75) is 37.0 Å². The largest absolute Gasteiger partial charge is 0.325 e. The summed E-state index contributed by atoms with van der Waals surface area (Å²) in [6.45, 7) is 5.30. The van der Waals surface area contributed by atoms with Gasteiger partial charge >= 0.3 is 0 Å². The SMILES string of the molecule is CC(C)(C)NS(=O)(=O)c1cccc(NC(=O)CSCc2ccc(C#N)cc2)c1. The van der Waals surface area contributed by atoms with E-state index in [0.29, 0.717) is 17.0 Å². The molecule has 0 aliphatic carbocycles. The second kappa shape index (κ2) is 9.24. The minimum atomic E-state index is -3.66. The van der Waals surface area contributed by atoms with Crippen LogP contribution in [0.5, 0.6) is 0 Å². The predicted octanol–water partition coefficient (Wildman–Crippen LogP) is 3.51. The molecule has 0 fully saturated rings. The average molecular weight is 418 g/mol. The standard InChI is InChI=1S/C20H23N3O3S2/c1-20(2,3)23-28(25,26)18-6-4-5-17(11-18)22-19(24)14-27-13-16-9-7-15(12-21)8-10-16/h4-11,23H,13-14H2,1-3H3,(H,22,24). The predicted molar refractivity (Wildman–Crippen MR) is 112 cm³/mol. The van der Waals surface area contributed by atoms with Crippen LogP contribution in [0.15, 0.2) is 53.4 Å². The molecule has 0 spiro atoms. The number of anilines is 1. The molecule has 28 heavy (non-hydrogen) atoms. The third-order valence-corrected chi connectivity index (χ3v) is 6.21. The molecule has 8 heteroatoms. The normalized spacial score (nSPS) is 11.6. The van der Waals surface area contributed by atoms with Gasteiger partial charge in [-0.05, 0) is 56.7 Å². The third kappa shape index (κ3) is 7.00. The van der Waals surface area contributed by atoms with E-state index in [1.165, 1.54) is 23.9 Å². The van der Waals surface area contributed by atoms with Crippen molar-refractivity contribution in [3.05, 3.63) is 59.7 Å². The fourth-order valence-corrected chi connectivity index (χ4v) is 4.59. The summed E-state index contributed by atoms with van der Waals surface area (Å²) in [5.41, 5.74) is 1.46. The van der Waals surface area contributed by atoms with Crippen LogP contribution in [0.3, 0.4) is 0 Å². The van der Waals surface area contributed by atoms with E-state index in [0.717, 1.165) is 5.56 Å². The number of thioether (sulfide) groups is 1. The Morgan fingerprint density at radius 2 is 1.82 bits per heavy atom. The summed E-state index contributed by atoms with van der Waals surface area (Å²) in [4.78, 5) is 12.3. The Bertz CT molecular complexity index is 973. The maximum Gasteiger partial charge on any atom is 0.241 e. The number of nitrogens with one attached hydrogen (secondary N) is 2. The Hall–Kier alpha value is -2.34. The zero-order chi connectivity index (χ0) is 20.8. The van der Waals surface area contributed by atoms with Gasteiger partial charge in [0.25, 0.3) is 0 Å². The van der Waals surface area contributed by atoms with Gasteiger partial charge in [-0.2, -0.15) is 5.26 Å². The lowest BCUT2D eigenvalue weighted by molar-refractivity contribution is -0.113. The minimum Gasteiger partial charge on any atom is -0.325 e. The van der Waals surface area contributed by atoms with Crippen LogP contribution < -0.4 is 10.0 Å². The lowest BCUT2D eigenvalue weighted by Gasteiger charge is -2.20. The van der Waals surface area contributed by atoms with Crippen molar-refractivity contribution in [1.29, 1.82) is 5.26 Å². The van der Waals surface area contributed by atoms with Crippen LogP contribution in [0.25, 0.3) is 0 Å². The number of sulfonamides is 1.